The number of hydrogen-bond acceptors (Lipinski definition) is 2. The zero-order chi connectivity index (χ0) is 12.1. The van der Waals surface area contributed by atoms with Crippen molar-refractivity contribution in [2.45, 2.75) is 20.0 Å². The Balaban J connectivity index is 2.58. The highest BCUT2D eigenvalue weighted by atomic mass is 79.9. The van der Waals surface area contributed by atoms with Crippen LogP contribution in [0.25, 0.3) is 0 Å². The van der Waals surface area contributed by atoms with Gasteiger partial charge in [0.1, 0.15) is 0 Å². The Morgan fingerprint density at radius 1 is 1.38 bits per heavy atom. The summed E-state index contributed by atoms with van der Waals surface area (Å²) in [7, 11) is 0. The molecule has 0 saturated carbocycles. The van der Waals surface area contributed by atoms with E-state index in [1.54, 1.807) is 6.07 Å². The van der Waals surface area contributed by atoms with Crippen molar-refractivity contribution in [1.29, 1.82) is 0 Å². The molecule has 0 spiro atoms. The summed E-state index contributed by atoms with van der Waals surface area (Å²) in [6.45, 7) is 5.67. The van der Waals surface area contributed by atoms with Gasteiger partial charge in [-0.3, -0.25) is 0 Å². The first-order valence-corrected chi connectivity index (χ1v) is 6.51. The van der Waals surface area contributed by atoms with Crippen molar-refractivity contribution in [2.24, 2.45) is 5.92 Å². The van der Waals surface area contributed by atoms with E-state index >= 15 is 0 Å². The Kier molecular flexibility index (Phi) is 5.76. The van der Waals surface area contributed by atoms with E-state index in [0.29, 0.717) is 17.5 Å². The van der Waals surface area contributed by atoms with Crippen LogP contribution in [0.2, 0.25) is 5.02 Å². The number of aliphatic hydroxyl groups is 1. The average Bonchev–Trinajstić information content (AvgIpc) is 2.21. The molecule has 0 aliphatic carbocycles. The number of rotatable bonds is 5. The third kappa shape index (κ3) is 4.42. The molecule has 2 nitrogen and oxygen atoms in total. The van der Waals surface area contributed by atoms with Gasteiger partial charge in [0.25, 0.3) is 0 Å². The van der Waals surface area contributed by atoms with Crippen LogP contribution < -0.4 is 5.32 Å². The lowest BCUT2D eigenvalue weighted by Crippen LogP contribution is -2.25. The second-order valence-corrected chi connectivity index (χ2v) is 5.56. The minimum Gasteiger partial charge on any atom is -0.387 e. The van der Waals surface area contributed by atoms with Crippen LogP contribution in [0.15, 0.2) is 22.7 Å². The lowest BCUT2D eigenvalue weighted by molar-refractivity contribution is 0.173. The smallest absolute Gasteiger partial charge is 0.0929 e. The van der Waals surface area contributed by atoms with Gasteiger partial charge in [0.05, 0.1) is 6.10 Å². The molecule has 1 unspecified atom stereocenters. The summed E-state index contributed by atoms with van der Waals surface area (Å²) in [5, 5.41) is 13.8. The molecule has 16 heavy (non-hydrogen) atoms. The maximum absolute atomic E-state index is 9.97. The first-order chi connectivity index (χ1) is 7.50. The van der Waals surface area contributed by atoms with E-state index in [2.05, 4.69) is 35.1 Å². The van der Waals surface area contributed by atoms with Gasteiger partial charge in [0.15, 0.2) is 0 Å². The van der Waals surface area contributed by atoms with Crippen LogP contribution in [-0.4, -0.2) is 18.2 Å². The lowest BCUT2D eigenvalue weighted by Gasteiger charge is -2.15. The molecule has 0 heterocycles. The summed E-state index contributed by atoms with van der Waals surface area (Å²) in [4.78, 5) is 0. The lowest BCUT2D eigenvalue weighted by atomic mass is 10.1. The van der Waals surface area contributed by atoms with Gasteiger partial charge in [-0.05, 0) is 30.7 Å². The van der Waals surface area contributed by atoms with Crippen LogP contribution in [0.3, 0.4) is 0 Å². The van der Waals surface area contributed by atoms with Gasteiger partial charge < -0.3 is 10.4 Å². The second kappa shape index (κ2) is 6.60. The van der Waals surface area contributed by atoms with Crippen LogP contribution in [0, 0.1) is 5.92 Å². The van der Waals surface area contributed by atoms with Crippen molar-refractivity contribution in [2.75, 3.05) is 13.1 Å². The molecule has 0 amide bonds. The zero-order valence-electron chi connectivity index (χ0n) is 9.50. The molecule has 4 heteroatoms. The zero-order valence-corrected chi connectivity index (χ0v) is 11.8. The van der Waals surface area contributed by atoms with Crippen molar-refractivity contribution >= 4 is 27.5 Å². The van der Waals surface area contributed by atoms with Gasteiger partial charge in [-0.15, -0.1) is 0 Å². The molecule has 0 bridgehead atoms. The first-order valence-electron chi connectivity index (χ1n) is 5.34. The van der Waals surface area contributed by atoms with Crippen molar-refractivity contribution in [3.8, 4) is 0 Å². The van der Waals surface area contributed by atoms with Crippen LogP contribution in [0.5, 0.6) is 0 Å². The predicted octanol–water partition coefficient (Wildman–Crippen LogP) is 3.38. The summed E-state index contributed by atoms with van der Waals surface area (Å²) in [5.41, 5.74) is 0.757. The molecule has 90 valence electrons. The van der Waals surface area contributed by atoms with E-state index in [-0.39, 0.29) is 0 Å². The number of aliphatic hydroxyl groups excluding tert-OH is 1. The first kappa shape index (κ1) is 14.0. The Bertz CT molecular complexity index is 344. The standard InChI is InChI=1S/C12H17BrClNO/c1-8(2)6-15-7-12(16)10-5-9(13)3-4-11(10)14/h3-5,8,12,15-16H,6-7H2,1-2H3. The van der Waals surface area contributed by atoms with E-state index in [4.69, 9.17) is 11.6 Å². The number of nitrogens with one attached hydrogen (secondary N) is 1. The van der Waals surface area contributed by atoms with Gasteiger partial charge in [-0.2, -0.15) is 0 Å². The molecule has 1 atom stereocenters. The van der Waals surface area contributed by atoms with E-state index in [9.17, 15) is 5.11 Å². The molecule has 1 aromatic rings. The Hall–Kier alpha value is -0.0900. The van der Waals surface area contributed by atoms with Crippen molar-refractivity contribution in [3.05, 3.63) is 33.3 Å². The molecule has 0 aliphatic rings. The molecule has 0 radical (unpaired) electrons. The van der Waals surface area contributed by atoms with Crippen LogP contribution in [0.1, 0.15) is 25.5 Å². The van der Waals surface area contributed by atoms with E-state index < -0.39 is 6.10 Å². The summed E-state index contributed by atoms with van der Waals surface area (Å²) >= 11 is 9.39. The summed E-state index contributed by atoms with van der Waals surface area (Å²) in [5.74, 6) is 0.574. The Morgan fingerprint density at radius 3 is 2.69 bits per heavy atom. The second-order valence-electron chi connectivity index (χ2n) is 4.23. The number of benzene rings is 1. The van der Waals surface area contributed by atoms with Gasteiger partial charge >= 0.3 is 0 Å². The fourth-order valence-electron chi connectivity index (χ4n) is 1.39. The molecule has 0 saturated heterocycles. The normalized spacial score (nSPS) is 13.1. The van der Waals surface area contributed by atoms with Crippen LogP contribution in [0.4, 0.5) is 0 Å². The molecule has 1 aromatic carbocycles. The van der Waals surface area contributed by atoms with Crippen molar-refractivity contribution < 1.29 is 5.11 Å². The summed E-state index contributed by atoms with van der Waals surface area (Å²) in [6.07, 6.45) is -0.566. The monoisotopic (exact) mass is 305 g/mol. The Morgan fingerprint density at radius 2 is 2.06 bits per heavy atom. The SMILES string of the molecule is CC(C)CNCC(O)c1cc(Br)ccc1Cl. The highest BCUT2D eigenvalue weighted by Gasteiger charge is 2.11. The third-order valence-corrected chi connectivity index (χ3v) is 3.04. The van der Waals surface area contributed by atoms with E-state index in [1.807, 2.05) is 12.1 Å². The van der Waals surface area contributed by atoms with E-state index in [1.165, 1.54) is 0 Å². The van der Waals surface area contributed by atoms with Crippen LogP contribution in [-0.2, 0) is 0 Å². The third-order valence-electron chi connectivity index (χ3n) is 2.21. The summed E-state index contributed by atoms with van der Waals surface area (Å²) in [6, 6.07) is 5.50. The molecule has 0 aliphatic heterocycles. The molecular weight excluding hydrogens is 289 g/mol. The minimum absolute atomic E-state index is 0.522. The molecule has 0 fully saturated rings. The maximum atomic E-state index is 9.97. The molecule has 1 rings (SSSR count). The quantitative estimate of drug-likeness (QED) is 0.874. The average molecular weight is 307 g/mol. The highest BCUT2D eigenvalue weighted by molar-refractivity contribution is 9.10. The number of halogens is 2. The van der Waals surface area contributed by atoms with Crippen molar-refractivity contribution in [1.82, 2.24) is 5.32 Å². The molecule has 2 N–H and O–H groups in total. The van der Waals surface area contributed by atoms with Gasteiger partial charge in [0, 0.05) is 21.6 Å². The minimum atomic E-state index is -0.566. The highest BCUT2D eigenvalue weighted by Crippen LogP contribution is 2.26. The maximum Gasteiger partial charge on any atom is 0.0929 e. The summed E-state index contributed by atoms with van der Waals surface area (Å²) < 4.78 is 0.926. The fourth-order valence-corrected chi connectivity index (χ4v) is 2.01. The van der Waals surface area contributed by atoms with Gasteiger partial charge in [0.2, 0.25) is 0 Å². The Labute approximate surface area is 110 Å². The predicted molar refractivity (Wildman–Crippen MR) is 71.8 cm³/mol. The molecular formula is C12H17BrClNO. The fraction of sp³-hybridized carbons (Fsp3) is 0.500. The topological polar surface area (TPSA) is 32.3 Å². The van der Waals surface area contributed by atoms with Gasteiger partial charge in [-0.1, -0.05) is 41.4 Å². The van der Waals surface area contributed by atoms with Crippen LogP contribution >= 0.6 is 27.5 Å². The largest absolute Gasteiger partial charge is 0.387 e. The van der Waals surface area contributed by atoms with E-state index in [0.717, 1.165) is 16.6 Å². The van der Waals surface area contributed by atoms with Gasteiger partial charge in [-0.25, -0.2) is 0 Å². The van der Waals surface area contributed by atoms with Crippen molar-refractivity contribution in [3.63, 3.8) is 0 Å². The molecule has 0 aromatic heterocycles. The number of hydrogen-bond donors (Lipinski definition) is 2.